The van der Waals surface area contributed by atoms with Gasteiger partial charge in [-0.05, 0) is 6.07 Å². The summed E-state index contributed by atoms with van der Waals surface area (Å²) in [6.45, 7) is 0. The van der Waals surface area contributed by atoms with E-state index in [2.05, 4.69) is 19.9 Å². The van der Waals surface area contributed by atoms with E-state index in [0.29, 0.717) is 0 Å². The van der Waals surface area contributed by atoms with Crippen LogP contribution < -0.4 is 0 Å². The summed E-state index contributed by atoms with van der Waals surface area (Å²) >= 11 is 0. The van der Waals surface area contributed by atoms with Gasteiger partial charge < -0.3 is 0 Å². The molecule has 60 valence electrons. The summed E-state index contributed by atoms with van der Waals surface area (Å²) in [7, 11) is 0. The summed E-state index contributed by atoms with van der Waals surface area (Å²) in [5, 5.41) is 0. The van der Waals surface area contributed by atoms with Crippen molar-refractivity contribution in [3.05, 3.63) is 49.6 Å². The Labute approximate surface area is 70.4 Å². The molecule has 4 heteroatoms. The highest BCUT2D eigenvalue weighted by Crippen LogP contribution is 1.66. The van der Waals surface area contributed by atoms with Crippen molar-refractivity contribution >= 4 is 0 Å². The SMILES string of the molecule is c1cnccn1.c1cncnc1. The summed E-state index contributed by atoms with van der Waals surface area (Å²) in [5.74, 6) is 0. The standard InChI is InChI=1S/2C4H4N2/c1-2-6-4-3-5-1;1-2-5-4-6-3-1/h2*1-4H. The average molecular weight is 160 g/mol. The molecule has 0 aliphatic carbocycles. The van der Waals surface area contributed by atoms with Crippen LogP contribution in [0.2, 0.25) is 0 Å². The first-order valence-electron chi connectivity index (χ1n) is 3.40. The molecule has 0 saturated heterocycles. The van der Waals surface area contributed by atoms with Gasteiger partial charge in [0.1, 0.15) is 6.33 Å². The molecule has 0 spiro atoms. The lowest BCUT2D eigenvalue weighted by Crippen LogP contribution is -1.66. The normalized spacial score (nSPS) is 8.00. The Morgan fingerprint density at radius 2 is 1.00 bits per heavy atom. The number of aromatic nitrogens is 4. The van der Waals surface area contributed by atoms with E-state index in [1.165, 1.54) is 6.33 Å². The van der Waals surface area contributed by atoms with Crippen LogP contribution in [0.5, 0.6) is 0 Å². The summed E-state index contributed by atoms with van der Waals surface area (Å²) in [6.07, 6.45) is 11.4. The maximum absolute atomic E-state index is 3.72. The second-order valence-electron chi connectivity index (χ2n) is 1.80. The van der Waals surface area contributed by atoms with Gasteiger partial charge in [-0.1, -0.05) is 0 Å². The minimum absolute atomic E-state index is 1.50. The summed E-state index contributed by atoms with van der Waals surface area (Å²) < 4.78 is 0. The van der Waals surface area contributed by atoms with Crippen LogP contribution in [0.15, 0.2) is 49.6 Å². The lowest BCUT2D eigenvalue weighted by atomic mass is 10.7. The molecule has 0 saturated carbocycles. The lowest BCUT2D eigenvalue weighted by molar-refractivity contribution is 1.17. The minimum Gasteiger partial charge on any atom is -0.262 e. The Kier molecular flexibility index (Phi) is 4.07. The smallest absolute Gasteiger partial charge is 0.115 e. The van der Waals surface area contributed by atoms with Gasteiger partial charge in [0.15, 0.2) is 0 Å². The average Bonchev–Trinajstić information content (AvgIpc) is 2.24. The third-order valence-electron chi connectivity index (χ3n) is 0.955. The van der Waals surface area contributed by atoms with E-state index in [1.54, 1.807) is 43.2 Å². The van der Waals surface area contributed by atoms with Crippen molar-refractivity contribution in [1.82, 2.24) is 19.9 Å². The van der Waals surface area contributed by atoms with Crippen LogP contribution in [0.3, 0.4) is 0 Å². The van der Waals surface area contributed by atoms with Gasteiger partial charge in [-0.3, -0.25) is 9.97 Å². The number of hydrogen-bond acceptors (Lipinski definition) is 4. The van der Waals surface area contributed by atoms with Gasteiger partial charge in [0.05, 0.1) is 0 Å². The van der Waals surface area contributed by atoms with Crippen molar-refractivity contribution in [3.8, 4) is 0 Å². The van der Waals surface area contributed by atoms with Crippen molar-refractivity contribution in [2.75, 3.05) is 0 Å². The molecule has 12 heavy (non-hydrogen) atoms. The fraction of sp³-hybridized carbons (Fsp3) is 0. The van der Waals surface area contributed by atoms with E-state index in [4.69, 9.17) is 0 Å². The Hall–Kier alpha value is -1.84. The predicted octanol–water partition coefficient (Wildman–Crippen LogP) is 0.953. The van der Waals surface area contributed by atoms with Crippen LogP contribution in [0.4, 0.5) is 0 Å². The number of hydrogen-bond donors (Lipinski definition) is 0. The van der Waals surface area contributed by atoms with Gasteiger partial charge in [0, 0.05) is 37.2 Å². The van der Waals surface area contributed by atoms with Crippen LogP contribution in [-0.2, 0) is 0 Å². The van der Waals surface area contributed by atoms with Gasteiger partial charge >= 0.3 is 0 Å². The Bertz CT molecular complexity index is 186. The monoisotopic (exact) mass is 160 g/mol. The third-order valence-corrected chi connectivity index (χ3v) is 0.955. The predicted molar refractivity (Wildman–Crippen MR) is 44.1 cm³/mol. The second-order valence-corrected chi connectivity index (χ2v) is 1.80. The van der Waals surface area contributed by atoms with Gasteiger partial charge in [-0.25, -0.2) is 9.97 Å². The highest BCUT2D eigenvalue weighted by Gasteiger charge is 1.59. The molecule has 0 fully saturated rings. The molecule has 2 aromatic rings. The van der Waals surface area contributed by atoms with Crippen molar-refractivity contribution in [2.24, 2.45) is 0 Å². The Balaban J connectivity index is 0.000000120. The lowest BCUT2D eigenvalue weighted by Gasteiger charge is -1.70. The fourth-order valence-corrected chi connectivity index (χ4v) is 0.507. The molecule has 0 bridgehead atoms. The maximum atomic E-state index is 3.72. The van der Waals surface area contributed by atoms with Crippen molar-refractivity contribution in [2.45, 2.75) is 0 Å². The molecular formula is C8H8N4. The first-order chi connectivity index (χ1) is 6.00. The van der Waals surface area contributed by atoms with Gasteiger partial charge in [0.2, 0.25) is 0 Å². The molecule has 0 aliphatic heterocycles. The molecule has 0 unspecified atom stereocenters. The first-order valence-corrected chi connectivity index (χ1v) is 3.40. The zero-order chi connectivity index (χ0) is 8.49. The van der Waals surface area contributed by atoms with Crippen LogP contribution in [0, 0.1) is 0 Å². The highest BCUT2D eigenvalue weighted by molar-refractivity contribution is 4.74. The van der Waals surface area contributed by atoms with E-state index in [9.17, 15) is 0 Å². The zero-order valence-corrected chi connectivity index (χ0v) is 6.41. The topological polar surface area (TPSA) is 51.6 Å². The van der Waals surface area contributed by atoms with E-state index in [1.807, 2.05) is 0 Å². The van der Waals surface area contributed by atoms with E-state index < -0.39 is 0 Å². The molecule has 2 rings (SSSR count). The van der Waals surface area contributed by atoms with Crippen molar-refractivity contribution < 1.29 is 0 Å². The van der Waals surface area contributed by atoms with Crippen LogP contribution in [0.1, 0.15) is 0 Å². The molecule has 0 amide bonds. The molecule has 4 nitrogen and oxygen atoms in total. The minimum atomic E-state index is 1.50. The molecule has 0 aliphatic rings. The molecule has 0 radical (unpaired) electrons. The molecule has 0 atom stereocenters. The van der Waals surface area contributed by atoms with Gasteiger partial charge in [0.25, 0.3) is 0 Å². The Morgan fingerprint density at radius 1 is 0.500 bits per heavy atom. The first kappa shape index (κ1) is 8.26. The molecule has 2 heterocycles. The molecular weight excluding hydrogens is 152 g/mol. The van der Waals surface area contributed by atoms with Crippen LogP contribution in [-0.4, -0.2) is 19.9 Å². The zero-order valence-electron chi connectivity index (χ0n) is 6.41. The highest BCUT2D eigenvalue weighted by atomic mass is 14.8. The van der Waals surface area contributed by atoms with Gasteiger partial charge in [-0.15, -0.1) is 0 Å². The van der Waals surface area contributed by atoms with Gasteiger partial charge in [-0.2, -0.15) is 0 Å². The maximum Gasteiger partial charge on any atom is 0.115 e. The third kappa shape index (κ3) is 4.05. The van der Waals surface area contributed by atoms with E-state index in [-0.39, 0.29) is 0 Å². The van der Waals surface area contributed by atoms with Crippen LogP contribution >= 0.6 is 0 Å². The fourth-order valence-electron chi connectivity index (χ4n) is 0.507. The van der Waals surface area contributed by atoms with Crippen molar-refractivity contribution in [3.63, 3.8) is 0 Å². The summed E-state index contributed by atoms with van der Waals surface area (Å²) in [5.41, 5.74) is 0. The van der Waals surface area contributed by atoms with Crippen LogP contribution in [0.25, 0.3) is 0 Å². The largest absolute Gasteiger partial charge is 0.262 e. The quantitative estimate of drug-likeness (QED) is 0.575. The Morgan fingerprint density at radius 3 is 1.17 bits per heavy atom. The summed E-state index contributed by atoms with van der Waals surface area (Å²) in [4.78, 5) is 14.8. The van der Waals surface area contributed by atoms with E-state index in [0.717, 1.165) is 0 Å². The number of nitrogens with zero attached hydrogens (tertiary/aromatic N) is 4. The molecule has 0 aromatic carbocycles. The second kappa shape index (κ2) is 5.91. The molecule has 2 aromatic heterocycles. The summed E-state index contributed by atoms with van der Waals surface area (Å²) in [6, 6.07) is 1.78. The number of rotatable bonds is 0. The van der Waals surface area contributed by atoms with E-state index >= 15 is 0 Å². The molecule has 0 N–H and O–H groups in total. The van der Waals surface area contributed by atoms with Crippen molar-refractivity contribution in [1.29, 1.82) is 0 Å².